The van der Waals surface area contributed by atoms with Crippen LogP contribution in [-0.4, -0.2) is 38.4 Å². The number of fused-ring (bicyclic) bond motifs is 1. The fraction of sp³-hybridized carbons (Fsp3) is 0.500. The van der Waals surface area contributed by atoms with E-state index in [4.69, 9.17) is 16.3 Å². The molecule has 1 unspecified atom stereocenters. The first-order valence-corrected chi connectivity index (χ1v) is 11.0. The number of nitrogens with zero attached hydrogens (tertiary/aromatic N) is 1. The van der Waals surface area contributed by atoms with Gasteiger partial charge in [-0.15, -0.1) is 0 Å². The van der Waals surface area contributed by atoms with E-state index in [1.54, 1.807) is 7.11 Å². The fourth-order valence-corrected chi connectivity index (χ4v) is 4.24. The molecule has 0 amide bonds. The maximum Gasteiger partial charge on any atom is 0.148 e. The first-order chi connectivity index (χ1) is 13.7. The first-order valence-electron chi connectivity index (χ1n) is 10.6. The van der Waals surface area contributed by atoms with E-state index in [1.807, 2.05) is 51.0 Å². The molecule has 1 aliphatic carbocycles. The third-order valence-corrected chi connectivity index (χ3v) is 5.86. The molecule has 2 aliphatic rings. The molecule has 1 atom stereocenters. The Labute approximate surface area is 177 Å². The van der Waals surface area contributed by atoms with Crippen molar-refractivity contribution in [2.75, 3.05) is 20.2 Å². The Hall–Kier alpha value is -1.45. The predicted molar refractivity (Wildman–Crippen MR) is 124 cm³/mol. The van der Waals surface area contributed by atoms with Gasteiger partial charge in [0.05, 0.1) is 7.11 Å². The third-order valence-electron chi connectivity index (χ3n) is 5.51. The number of halogens is 1. The second-order valence-corrected chi connectivity index (χ2v) is 7.49. The van der Waals surface area contributed by atoms with Crippen LogP contribution in [0.3, 0.4) is 0 Å². The van der Waals surface area contributed by atoms with Gasteiger partial charge >= 0.3 is 0 Å². The molecule has 0 N–H and O–H groups in total. The summed E-state index contributed by atoms with van der Waals surface area (Å²) in [6.07, 6.45) is 6.43. The standard InChI is InChI=1S/C14H18ClN.C8H10BO.C2H6/c15-14-5-3-4-11-10-12(6-7-13(11)14)16-8-1-2-9-16;1-9-7-3-5-8(10-2)6-4-7;1-2/h3-5,12H,1-2,6-10H2;3-6H,1-2H3;1-2H3. The number of hydrogen-bond acceptors (Lipinski definition) is 2. The van der Waals surface area contributed by atoms with Crippen LogP contribution < -0.4 is 10.2 Å². The SMILES string of the molecule is CC.C[B]c1ccc(OC)cc1.Clc1cccc2c1CCC(N1CCCC1)C2. The van der Waals surface area contributed by atoms with E-state index >= 15 is 0 Å². The molecule has 0 bridgehead atoms. The first kappa shape index (κ1) is 22.8. The highest BCUT2D eigenvalue weighted by atomic mass is 35.5. The van der Waals surface area contributed by atoms with Gasteiger partial charge < -0.3 is 9.64 Å². The van der Waals surface area contributed by atoms with E-state index in [0.29, 0.717) is 0 Å². The molecule has 151 valence electrons. The minimum Gasteiger partial charge on any atom is -0.497 e. The van der Waals surface area contributed by atoms with E-state index in [0.717, 1.165) is 23.2 Å². The van der Waals surface area contributed by atoms with E-state index in [-0.39, 0.29) is 0 Å². The van der Waals surface area contributed by atoms with E-state index in [2.05, 4.69) is 24.3 Å². The molecule has 4 rings (SSSR count). The average Bonchev–Trinajstić information content (AvgIpc) is 3.31. The van der Waals surface area contributed by atoms with Gasteiger partial charge in [0.25, 0.3) is 0 Å². The quantitative estimate of drug-likeness (QED) is 0.642. The highest BCUT2D eigenvalue weighted by Gasteiger charge is 2.26. The normalized spacial score (nSPS) is 18.1. The Morgan fingerprint density at radius 2 is 1.71 bits per heavy atom. The van der Waals surface area contributed by atoms with E-state index < -0.39 is 0 Å². The van der Waals surface area contributed by atoms with Crippen LogP contribution in [-0.2, 0) is 12.8 Å². The highest BCUT2D eigenvalue weighted by Crippen LogP contribution is 2.30. The number of hydrogen-bond donors (Lipinski definition) is 0. The number of rotatable bonds is 3. The molecule has 1 fully saturated rings. The Bertz CT molecular complexity index is 675. The van der Waals surface area contributed by atoms with Gasteiger partial charge in [0, 0.05) is 11.1 Å². The van der Waals surface area contributed by atoms with Crippen LogP contribution in [0.1, 0.15) is 44.2 Å². The molecule has 28 heavy (non-hydrogen) atoms. The molecule has 1 heterocycles. The lowest BCUT2D eigenvalue weighted by Gasteiger charge is -2.32. The summed E-state index contributed by atoms with van der Waals surface area (Å²) in [6.45, 7) is 8.63. The van der Waals surface area contributed by atoms with Crippen molar-refractivity contribution < 1.29 is 4.74 Å². The topological polar surface area (TPSA) is 12.5 Å². The van der Waals surface area contributed by atoms with Crippen molar-refractivity contribution in [3.05, 3.63) is 58.6 Å². The van der Waals surface area contributed by atoms with Gasteiger partial charge in [-0.2, -0.15) is 0 Å². The Morgan fingerprint density at radius 3 is 2.32 bits per heavy atom. The molecule has 1 radical (unpaired) electrons. The summed E-state index contributed by atoms with van der Waals surface area (Å²) in [6, 6.07) is 15.1. The molecule has 4 heteroatoms. The molecule has 0 saturated carbocycles. The second-order valence-electron chi connectivity index (χ2n) is 7.08. The van der Waals surface area contributed by atoms with Gasteiger partial charge in [-0.3, -0.25) is 0 Å². The van der Waals surface area contributed by atoms with Gasteiger partial charge in [-0.1, -0.05) is 62.0 Å². The van der Waals surface area contributed by atoms with Gasteiger partial charge in [0.2, 0.25) is 0 Å². The van der Waals surface area contributed by atoms with Gasteiger partial charge in [0.1, 0.15) is 13.0 Å². The summed E-state index contributed by atoms with van der Waals surface area (Å²) in [5, 5.41) is 0.970. The van der Waals surface area contributed by atoms with Crippen molar-refractivity contribution in [3.8, 4) is 5.75 Å². The lowest BCUT2D eigenvalue weighted by molar-refractivity contribution is 0.222. The second kappa shape index (κ2) is 12.2. The molecule has 2 nitrogen and oxygen atoms in total. The Kier molecular flexibility index (Phi) is 9.94. The van der Waals surface area contributed by atoms with Crippen LogP contribution in [0.25, 0.3) is 0 Å². The van der Waals surface area contributed by atoms with Gasteiger partial charge in [0.15, 0.2) is 0 Å². The zero-order valence-corrected chi connectivity index (χ0v) is 18.6. The largest absolute Gasteiger partial charge is 0.497 e. The van der Waals surface area contributed by atoms with Crippen LogP contribution in [0.4, 0.5) is 0 Å². The van der Waals surface area contributed by atoms with Crippen LogP contribution in [0.2, 0.25) is 11.8 Å². The molecular formula is C24H34BClNO. The van der Waals surface area contributed by atoms with Crippen molar-refractivity contribution in [1.29, 1.82) is 0 Å². The number of methoxy groups -OCH3 is 1. The summed E-state index contributed by atoms with van der Waals surface area (Å²) in [7, 11) is 3.73. The summed E-state index contributed by atoms with van der Waals surface area (Å²) < 4.78 is 5.00. The molecule has 2 aromatic carbocycles. The summed E-state index contributed by atoms with van der Waals surface area (Å²) in [4.78, 5) is 2.67. The van der Waals surface area contributed by atoms with Crippen LogP contribution >= 0.6 is 11.6 Å². The summed E-state index contributed by atoms with van der Waals surface area (Å²) in [5.74, 6) is 0.908. The van der Waals surface area contributed by atoms with Gasteiger partial charge in [-0.05, 0) is 74.5 Å². The smallest absolute Gasteiger partial charge is 0.148 e. The molecule has 1 saturated heterocycles. The van der Waals surface area contributed by atoms with Crippen LogP contribution in [0.15, 0.2) is 42.5 Å². The van der Waals surface area contributed by atoms with Crippen molar-refractivity contribution >= 4 is 24.3 Å². The van der Waals surface area contributed by atoms with Crippen LogP contribution in [0, 0.1) is 0 Å². The number of benzene rings is 2. The Morgan fingerprint density at radius 1 is 1.04 bits per heavy atom. The van der Waals surface area contributed by atoms with Crippen molar-refractivity contribution in [2.24, 2.45) is 0 Å². The minimum absolute atomic E-state index is 0.772. The van der Waals surface area contributed by atoms with Crippen molar-refractivity contribution in [3.63, 3.8) is 0 Å². The van der Waals surface area contributed by atoms with E-state index in [1.165, 1.54) is 55.4 Å². The maximum atomic E-state index is 6.24. The average molecular weight is 399 g/mol. The summed E-state index contributed by atoms with van der Waals surface area (Å²) in [5.41, 5.74) is 4.11. The zero-order valence-electron chi connectivity index (χ0n) is 17.9. The van der Waals surface area contributed by atoms with Gasteiger partial charge in [-0.25, -0.2) is 0 Å². The summed E-state index contributed by atoms with van der Waals surface area (Å²) >= 11 is 6.24. The minimum atomic E-state index is 0.772. The molecule has 0 spiro atoms. The third kappa shape index (κ3) is 6.29. The number of ether oxygens (including phenoxy) is 1. The van der Waals surface area contributed by atoms with E-state index in [9.17, 15) is 0 Å². The lowest BCUT2D eigenvalue weighted by atomic mass is 9.73. The fourth-order valence-electron chi connectivity index (χ4n) is 3.96. The molecular weight excluding hydrogens is 365 g/mol. The predicted octanol–water partition coefficient (Wildman–Crippen LogP) is 5.39. The number of likely N-dealkylation sites (tertiary alicyclic amines) is 1. The zero-order chi connectivity index (χ0) is 20.4. The highest BCUT2D eigenvalue weighted by molar-refractivity contribution is 6.51. The van der Waals surface area contributed by atoms with Crippen molar-refractivity contribution in [2.45, 2.75) is 58.8 Å². The molecule has 0 aromatic heterocycles. The maximum absolute atomic E-state index is 6.24. The lowest BCUT2D eigenvalue weighted by Crippen LogP contribution is -2.37. The molecule has 1 aliphatic heterocycles. The Balaban J connectivity index is 0.000000202. The van der Waals surface area contributed by atoms with Crippen LogP contribution in [0.5, 0.6) is 5.75 Å². The molecule has 2 aromatic rings. The van der Waals surface area contributed by atoms with Crippen molar-refractivity contribution in [1.82, 2.24) is 4.90 Å². The monoisotopic (exact) mass is 398 g/mol.